The first-order valence-electron chi connectivity index (χ1n) is 16.6. The summed E-state index contributed by atoms with van der Waals surface area (Å²) in [4.78, 5) is 4.61. The van der Waals surface area contributed by atoms with Crippen LogP contribution in [-0.4, -0.2) is 4.98 Å². The molecule has 6 rings (SSSR count). The van der Waals surface area contributed by atoms with Crippen LogP contribution in [0.5, 0.6) is 0 Å². The Hall–Kier alpha value is -4.17. The maximum absolute atomic E-state index is 8.65. The number of fused-ring (bicyclic) bond motifs is 3. The molecular weight excluding hydrogens is 462 g/mol. The average molecular weight is 504 g/mol. The van der Waals surface area contributed by atoms with Crippen molar-refractivity contribution in [2.24, 2.45) is 5.41 Å². The van der Waals surface area contributed by atoms with Gasteiger partial charge in [0.15, 0.2) is 0 Å². The molecule has 0 bridgehead atoms. The first-order chi connectivity index (χ1) is 21.5. The highest BCUT2D eigenvalue weighted by atomic mass is 16.3. The van der Waals surface area contributed by atoms with Crippen LogP contribution in [-0.2, 0) is 6.37 Å². The number of benzene rings is 4. The zero-order valence-corrected chi connectivity index (χ0v) is 21.6. The van der Waals surface area contributed by atoms with Crippen molar-refractivity contribution in [2.45, 2.75) is 40.8 Å². The zero-order valence-electron chi connectivity index (χ0n) is 29.6. The molecule has 0 unspecified atom stereocenters. The highest BCUT2D eigenvalue weighted by Crippen LogP contribution is 2.37. The highest BCUT2D eigenvalue weighted by Gasteiger charge is 2.15. The van der Waals surface area contributed by atoms with Gasteiger partial charge in [0.2, 0.25) is 0 Å². The van der Waals surface area contributed by atoms with E-state index in [0.29, 0.717) is 33.6 Å². The van der Waals surface area contributed by atoms with Crippen molar-refractivity contribution in [3.05, 3.63) is 114 Å². The van der Waals surface area contributed by atoms with E-state index in [1.54, 1.807) is 51.2 Å². The van der Waals surface area contributed by atoms with E-state index in [1.807, 2.05) is 60.7 Å². The van der Waals surface area contributed by atoms with Gasteiger partial charge in [0.05, 0.1) is 5.69 Å². The lowest BCUT2D eigenvalue weighted by atomic mass is 9.86. The van der Waals surface area contributed by atoms with Crippen molar-refractivity contribution in [1.29, 1.82) is 0 Å². The van der Waals surface area contributed by atoms with E-state index < -0.39 is 25.5 Å². The van der Waals surface area contributed by atoms with Gasteiger partial charge in [-0.25, -0.2) is 0 Å². The summed E-state index contributed by atoms with van der Waals surface area (Å²) in [6.07, 6.45) is -0.0124. The maximum atomic E-state index is 8.65. The van der Waals surface area contributed by atoms with E-state index >= 15 is 0 Å². The number of para-hydroxylation sites is 2. The molecule has 0 atom stereocenters. The quantitative estimate of drug-likeness (QED) is 0.239. The summed E-state index contributed by atoms with van der Waals surface area (Å²) in [5, 5.41) is 1.54. The molecule has 4 aromatic carbocycles. The second-order valence-electron chi connectivity index (χ2n) is 10.6. The van der Waals surface area contributed by atoms with Crippen molar-refractivity contribution >= 4 is 21.9 Å². The fraction of sp³-hybridized carbons (Fsp3) is 0.194. The lowest BCUT2D eigenvalue weighted by molar-refractivity contribution is 0.411. The van der Waals surface area contributed by atoms with Crippen molar-refractivity contribution in [3.8, 4) is 33.5 Å². The van der Waals surface area contributed by atoms with Gasteiger partial charge in [0.25, 0.3) is 0 Å². The van der Waals surface area contributed by atoms with Crippen molar-refractivity contribution in [3.63, 3.8) is 0 Å². The van der Waals surface area contributed by atoms with Crippen LogP contribution in [0.25, 0.3) is 55.4 Å². The first kappa shape index (κ1) is 16.6. The van der Waals surface area contributed by atoms with E-state index in [1.165, 1.54) is 6.07 Å². The minimum atomic E-state index is -2.43. The molecular formula is C36H33NO. The number of furan rings is 1. The number of aryl methyl sites for hydroxylation is 2. The molecule has 0 saturated carbocycles. The fourth-order valence-electron chi connectivity index (χ4n) is 4.93. The van der Waals surface area contributed by atoms with Gasteiger partial charge in [-0.15, -0.1) is 0 Å². The van der Waals surface area contributed by atoms with E-state index in [0.717, 1.165) is 27.5 Å². The molecule has 0 radical (unpaired) electrons. The Morgan fingerprint density at radius 3 is 2.21 bits per heavy atom. The summed E-state index contributed by atoms with van der Waals surface area (Å²) in [7, 11) is 0. The van der Waals surface area contributed by atoms with E-state index in [9.17, 15) is 0 Å². The van der Waals surface area contributed by atoms with Gasteiger partial charge in [-0.2, -0.15) is 0 Å². The van der Waals surface area contributed by atoms with Gasteiger partial charge in [-0.1, -0.05) is 93.6 Å². The van der Waals surface area contributed by atoms with Crippen LogP contribution in [0.2, 0.25) is 0 Å². The van der Waals surface area contributed by atoms with E-state index in [2.05, 4.69) is 4.98 Å². The average Bonchev–Trinajstić information content (AvgIpc) is 3.38. The summed E-state index contributed by atoms with van der Waals surface area (Å²) in [6.45, 7) is 0.649. The minimum absolute atomic E-state index is 0.109. The Bertz CT molecular complexity index is 2080. The summed E-state index contributed by atoms with van der Waals surface area (Å²) in [6, 6.07) is 27.1. The molecule has 0 fully saturated rings. The van der Waals surface area contributed by atoms with Crippen LogP contribution in [0, 0.1) is 19.1 Å². The molecule has 2 nitrogen and oxygen atoms in total. The van der Waals surface area contributed by atoms with Crippen LogP contribution >= 0.6 is 0 Å². The third kappa shape index (κ3) is 4.52. The maximum Gasteiger partial charge on any atom is 0.144 e. The molecule has 2 heteroatoms. The second-order valence-corrected chi connectivity index (χ2v) is 10.6. The molecule has 38 heavy (non-hydrogen) atoms. The molecule has 0 aliphatic rings. The Morgan fingerprint density at radius 1 is 0.711 bits per heavy atom. The molecule has 6 aromatic rings. The predicted octanol–water partition coefficient (Wildman–Crippen LogP) is 10.2. The fourth-order valence-corrected chi connectivity index (χ4v) is 4.93. The third-order valence-electron chi connectivity index (χ3n) is 6.63. The van der Waals surface area contributed by atoms with Gasteiger partial charge < -0.3 is 4.42 Å². The largest absolute Gasteiger partial charge is 0.455 e. The molecule has 0 spiro atoms. The second kappa shape index (κ2) is 9.29. The minimum Gasteiger partial charge on any atom is -0.455 e. The summed E-state index contributed by atoms with van der Waals surface area (Å²) >= 11 is 0. The Labute approximate surface area is 236 Å². The predicted molar refractivity (Wildman–Crippen MR) is 160 cm³/mol. The van der Waals surface area contributed by atoms with E-state index in [4.69, 9.17) is 15.4 Å². The number of aromatic nitrogens is 1. The Balaban J connectivity index is 1.38. The monoisotopic (exact) mass is 503 g/mol. The van der Waals surface area contributed by atoms with E-state index in [-0.39, 0.29) is 11.1 Å². The molecule has 2 aromatic heterocycles. The molecule has 0 N–H and O–H groups in total. The molecule has 0 aliphatic heterocycles. The zero-order chi connectivity index (χ0) is 33.2. The number of nitrogens with zero attached hydrogens (tertiary/aromatic N) is 1. The van der Waals surface area contributed by atoms with Crippen LogP contribution in [0.3, 0.4) is 0 Å². The number of pyridine rings is 1. The number of rotatable bonds is 4. The van der Waals surface area contributed by atoms with Crippen molar-refractivity contribution in [1.82, 2.24) is 4.98 Å². The lowest BCUT2D eigenvalue weighted by Gasteiger charge is -2.19. The first-order valence-corrected chi connectivity index (χ1v) is 12.6. The third-order valence-corrected chi connectivity index (χ3v) is 6.63. The molecule has 2 heterocycles. The smallest absolute Gasteiger partial charge is 0.144 e. The summed E-state index contributed by atoms with van der Waals surface area (Å²) < 4.78 is 72.0. The summed E-state index contributed by atoms with van der Waals surface area (Å²) in [5.74, 6) is 0. The standard InChI is InChI=1S/C36H33NO/c1-23-8-6-9-30-31-10-7-11-32(35(31)38-34(23)30)33-21-28(18-19-37-33)26-13-15-27(16-14-26)29-17-12-25(20-24(29)2)22-36(3,4)5/h6-21H,22H2,1-5H3/i1D3,2D3,22D2. The molecule has 188 valence electrons. The SMILES string of the molecule is [2H]C([2H])([2H])c1cc(C([2H])([2H])C(C)(C)C)ccc1-c1ccc(-c2ccnc(-c3cccc4c3oc3c(C([2H])([2H])[2H])cccc34)c2)cc1. The van der Waals surface area contributed by atoms with Crippen molar-refractivity contribution < 1.29 is 15.4 Å². The van der Waals surface area contributed by atoms with Gasteiger partial charge >= 0.3 is 0 Å². The van der Waals surface area contributed by atoms with Crippen LogP contribution in [0.4, 0.5) is 0 Å². The van der Waals surface area contributed by atoms with Gasteiger partial charge in [0, 0.05) is 33.5 Å². The Kier molecular flexibility index (Phi) is 4.07. The normalized spacial score (nSPS) is 16.1. The van der Waals surface area contributed by atoms with Crippen LogP contribution < -0.4 is 0 Å². The Morgan fingerprint density at radius 2 is 1.45 bits per heavy atom. The van der Waals surface area contributed by atoms with Crippen LogP contribution in [0.1, 0.15) is 48.4 Å². The number of hydrogen-bond donors (Lipinski definition) is 0. The van der Waals surface area contributed by atoms with Gasteiger partial charge in [-0.05, 0) is 82.6 Å². The highest BCUT2D eigenvalue weighted by molar-refractivity contribution is 6.10. The summed E-state index contributed by atoms with van der Waals surface area (Å²) in [5.41, 5.74) is 5.22. The number of hydrogen-bond acceptors (Lipinski definition) is 2. The topological polar surface area (TPSA) is 26.0 Å². The van der Waals surface area contributed by atoms with Crippen molar-refractivity contribution in [2.75, 3.05) is 0 Å². The van der Waals surface area contributed by atoms with Gasteiger partial charge in [-0.3, -0.25) is 4.98 Å². The molecule has 0 saturated heterocycles. The van der Waals surface area contributed by atoms with Crippen LogP contribution in [0.15, 0.2) is 102 Å². The lowest BCUT2D eigenvalue weighted by Crippen LogP contribution is -2.09. The van der Waals surface area contributed by atoms with Gasteiger partial charge in [0.1, 0.15) is 11.2 Å². The molecule has 0 aliphatic carbocycles. The molecule has 0 amide bonds.